The van der Waals surface area contributed by atoms with E-state index in [4.69, 9.17) is 23.2 Å². The van der Waals surface area contributed by atoms with E-state index in [0.717, 1.165) is 4.68 Å². The van der Waals surface area contributed by atoms with Crippen molar-refractivity contribution in [3.8, 4) is 11.8 Å². The van der Waals surface area contributed by atoms with Crippen LogP contribution in [0.25, 0.3) is 5.69 Å². The molecular weight excluding hydrogens is 413 g/mol. The Bertz CT molecular complexity index is 1210. The van der Waals surface area contributed by atoms with Crippen LogP contribution in [0.4, 0.5) is 0 Å². The van der Waals surface area contributed by atoms with Crippen LogP contribution in [-0.2, 0) is 0 Å². The highest BCUT2D eigenvalue weighted by molar-refractivity contribution is 6.33. The standard InChI is InChI=1S/C20H13Cl2N5O2/c1-12-16(10-23)20(29)27(15-8-6-14(21)7-9-15)26-18(12)19(28)25-24-11-13-4-2-3-5-17(13)22/h2-9,11H,1H3,(H,25,28)/b24-11+. The summed E-state index contributed by atoms with van der Waals surface area (Å²) in [7, 11) is 0. The Morgan fingerprint density at radius 2 is 1.90 bits per heavy atom. The van der Waals surface area contributed by atoms with Crippen molar-refractivity contribution in [2.24, 2.45) is 5.10 Å². The Balaban J connectivity index is 1.98. The number of aromatic nitrogens is 2. The second-order valence-corrected chi connectivity index (χ2v) is 6.72. The molecule has 0 bridgehead atoms. The van der Waals surface area contributed by atoms with Gasteiger partial charge in [0, 0.05) is 21.2 Å². The zero-order valence-corrected chi connectivity index (χ0v) is 16.6. The molecule has 0 aliphatic rings. The van der Waals surface area contributed by atoms with Gasteiger partial charge in [-0.2, -0.15) is 20.1 Å². The van der Waals surface area contributed by atoms with E-state index in [1.165, 1.54) is 13.1 Å². The summed E-state index contributed by atoms with van der Waals surface area (Å²) in [6, 6.07) is 15.1. The van der Waals surface area contributed by atoms with Gasteiger partial charge in [-0.05, 0) is 37.3 Å². The quantitative estimate of drug-likeness (QED) is 0.510. The van der Waals surface area contributed by atoms with Crippen molar-refractivity contribution in [2.45, 2.75) is 6.92 Å². The Morgan fingerprint density at radius 1 is 1.21 bits per heavy atom. The lowest BCUT2D eigenvalue weighted by molar-refractivity contribution is 0.0947. The molecule has 0 fully saturated rings. The first kappa shape index (κ1) is 20.3. The fraction of sp³-hybridized carbons (Fsp3) is 0.0500. The van der Waals surface area contributed by atoms with Crippen molar-refractivity contribution in [3.63, 3.8) is 0 Å². The molecule has 7 nitrogen and oxygen atoms in total. The van der Waals surface area contributed by atoms with Crippen molar-refractivity contribution in [1.82, 2.24) is 15.2 Å². The molecule has 0 saturated carbocycles. The topological polar surface area (TPSA) is 100 Å². The molecule has 1 amide bonds. The first-order chi connectivity index (χ1) is 13.9. The molecule has 0 saturated heterocycles. The van der Waals surface area contributed by atoms with Crippen molar-refractivity contribution in [3.05, 3.63) is 91.3 Å². The molecule has 3 aromatic rings. The first-order valence-corrected chi connectivity index (χ1v) is 9.06. The van der Waals surface area contributed by atoms with Crippen LogP contribution in [0.15, 0.2) is 58.4 Å². The van der Waals surface area contributed by atoms with Crippen LogP contribution in [0.2, 0.25) is 10.0 Å². The molecule has 9 heteroatoms. The number of hydrogen-bond acceptors (Lipinski definition) is 5. The van der Waals surface area contributed by atoms with Gasteiger partial charge in [-0.3, -0.25) is 9.59 Å². The molecule has 144 valence electrons. The monoisotopic (exact) mass is 425 g/mol. The van der Waals surface area contributed by atoms with E-state index >= 15 is 0 Å². The number of hydrazone groups is 1. The second-order valence-electron chi connectivity index (χ2n) is 5.87. The number of carbonyl (C=O) groups excluding carboxylic acids is 1. The lowest BCUT2D eigenvalue weighted by atomic mass is 10.1. The molecule has 1 heterocycles. The Labute approximate surface area is 175 Å². The van der Waals surface area contributed by atoms with Crippen LogP contribution in [0.3, 0.4) is 0 Å². The van der Waals surface area contributed by atoms with E-state index in [9.17, 15) is 14.9 Å². The van der Waals surface area contributed by atoms with Gasteiger partial charge in [0.05, 0.1) is 11.9 Å². The van der Waals surface area contributed by atoms with Crippen molar-refractivity contribution in [2.75, 3.05) is 0 Å². The molecule has 1 aromatic heterocycles. The van der Waals surface area contributed by atoms with Crippen LogP contribution < -0.4 is 11.0 Å². The lowest BCUT2D eigenvalue weighted by Gasteiger charge is -2.10. The van der Waals surface area contributed by atoms with Crippen molar-refractivity contribution < 1.29 is 4.79 Å². The van der Waals surface area contributed by atoms with Crippen LogP contribution in [0.1, 0.15) is 27.2 Å². The predicted octanol–water partition coefficient (Wildman–Crippen LogP) is 3.48. The van der Waals surface area contributed by atoms with Gasteiger partial charge in [0.15, 0.2) is 5.69 Å². The van der Waals surface area contributed by atoms with Gasteiger partial charge >= 0.3 is 0 Å². The third-order valence-corrected chi connectivity index (χ3v) is 4.61. The summed E-state index contributed by atoms with van der Waals surface area (Å²) in [6.07, 6.45) is 1.38. The van der Waals surface area contributed by atoms with Crippen LogP contribution >= 0.6 is 23.2 Å². The highest BCUT2D eigenvalue weighted by Gasteiger charge is 2.20. The highest BCUT2D eigenvalue weighted by atomic mass is 35.5. The molecule has 0 radical (unpaired) electrons. The Kier molecular flexibility index (Phi) is 6.07. The molecule has 2 aromatic carbocycles. The molecule has 3 rings (SSSR count). The molecule has 1 N–H and O–H groups in total. The van der Waals surface area contributed by atoms with Gasteiger partial charge in [0.1, 0.15) is 11.6 Å². The van der Waals surface area contributed by atoms with Crippen LogP contribution in [0, 0.1) is 18.3 Å². The highest BCUT2D eigenvalue weighted by Crippen LogP contribution is 2.14. The third kappa shape index (κ3) is 4.35. The normalized spacial score (nSPS) is 10.7. The molecule has 0 aliphatic carbocycles. The van der Waals surface area contributed by atoms with E-state index < -0.39 is 11.5 Å². The first-order valence-electron chi connectivity index (χ1n) is 8.30. The molecule has 0 aliphatic heterocycles. The summed E-state index contributed by atoms with van der Waals surface area (Å²) >= 11 is 11.9. The lowest BCUT2D eigenvalue weighted by Crippen LogP contribution is -2.31. The van der Waals surface area contributed by atoms with E-state index in [-0.39, 0.29) is 16.8 Å². The summed E-state index contributed by atoms with van der Waals surface area (Å²) in [4.78, 5) is 25.2. The van der Waals surface area contributed by atoms with E-state index in [2.05, 4.69) is 15.6 Å². The Morgan fingerprint density at radius 3 is 2.55 bits per heavy atom. The number of nitriles is 1. The summed E-state index contributed by atoms with van der Waals surface area (Å²) in [6.45, 7) is 1.48. The second kappa shape index (κ2) is 8.69. The summed E-state index contributed by atoms with van der Waals surface area (Å²) in [5.74, 6) is -0.676. The summed E-state index contributed by atoms with van der Waals surface area (Å²) in [5.41, 5.74) is 2.55. The number of nitrogens with one attached hydrogen (secondary N) is 1. The maximum atomic E-state index is 12.6. The molecular formula is C20H13Cl2N5O2. The molecule has 0 atom stereocenters. The minimum Gasteiger partial charge on any atom is -0.266 e. The van der Waals surface area contributed by atoms with Gasteiger partial charge in [-0.1, -0.05) is 41.4 Å². The number of halogens is 2. The number of benzene rings is 2. The van der Waals surface area contributed by atoms with Gasteiger partial charge in [0.25, 0.3) is 11.5 Å². The smallest absolute Gasteiger partial charge is 0.266 e. The zero-order chi connectivity index (χ0) is 21.0. The van der Waals surface area contributed by atoms with Crippen molar-refractivity contribution in [1.29, 1.82) is 5.26 Å². The minimum atomic E-state index is -0.676. The fourth-order valence-electron chi connectivity index (χ4n) is 2.50. The number of amides is 1. The SMILES string of the molecule is Cc1c(C(=O)N/N=C/c2ccccc2Cl)nn(-c2ccc(Cl)cc2)c(=O)c1C#N. The summed E-state index contributed by atoms with van der Waals surface area (Å²) < 4.78 is 0.981. The average Bonchev–Trinajstić information content (AvgIpc) is 2.71. The number of carbonyl (C=O) groups is 1. The number of rotatable bonds is 4. The van der Waals surface area contributed by atoms with Gasteiger partial charge in [-0.25, -0.2) is 5.43 Å². The number of nitrogens with zero attached hydrogens (tertiary/aromatic N) is 4. The average molecular weight is 426 g/mol. The van der Waals surface area contributed by atoms with E-state index in [0.29, 0.717) is 21.3 Å². The van der Waals surface area contributed by atoms with Crippen LogP contribution in [0.5, 0.6) is 0 Å². The van der Waals surface area contributed by atoms with Crippen molar-refractivity contribution >= 4 is 35.3 Å². The fourth-order valence-corrected chi connectivity index (χ4v) is 2.81. The van der Waals surface area contributed by atoms with Gasteiger partial charge < -0.3 is 0 Å². The molecule has 29 heavy (non-hydrogen) atoms. The third-order valence-electron chi connectivity index (χ3n) is 4.01. The molecule has 0 unspecified atom stereocenters. The minimum absolute atomic E-state index is 0.104. The Hall–Kier alpha value is -3.47. The predicted molar refractivity (Wildman–Crippen MR) is 111 cm³/mol. The van der Waals surface area contributed by atoms with Crippen LogP contribution in [-0.4, -0.2) is 21.9 Å². The molecule has 0 spiro atoms. The summed E-state index contributed by atoms with van der Waals surface area (Å²) in [5, 5.41) is 18.3. The maximum Gasteiger partial charge on any atom is 0.292 e. The van der Waals surface area contributed by atoms with Gasteiger partial charge in [-0.15, -0.1) is 0 Å². The van der Waals surface area contributed by atoms with Gasteiger partial charge in [0.2, 0.25) is 0 Å². The maximum absolute atomic E-state index is 12.6. The zero-order valence-electron chi connectivity index (χ0n) is 15.1. The largest absolute Gasteiger partial charge is 0.292 e. The number of hydrogen-bond donors (Lipinski definition) is 1. The van der Waals surface area contributed by atoms with E-state index in [1.807, 2.05) is 6.07 Å². The van der Waals surface area contributed by atoms with E-state index in [1.54, 1.807) is 48.5 Å².